The summed E-state index contributed by atoms with van der Waals surface area (Å²) in [5.41, 5.74) is 2.25. The first-order valence-electron chi connectivity index (χ1n) is 10.8. The second-order valence-corrected chi connectivity index (χ2v) is 7.90. The Labute approximate surface area is 186 Å². The van der Waals surface area contributed by atoms with Crippen LogP contribution >= 0.6 is 0 Å². The number of carbonyl (C=O) groups is 1. The third-order valence-corrected chi connectivity index (χ3v) is 5.74. The van der Waals surface area contributed by atoms with Crippen molar-refractivity contribution < 1.29 is 18.4 Å². The second kappa shape index (κ2) is 9.80. The lowest BCUT2D eigenvalue weighted by Crippen LogP contribution is -2.35. The lowest BCUT2D eigenvalue weighted by atomic mass is 10.1. The smallest absolute Gasteiger partial charge is 0.227 e. The predicted octanol–water partition coefficient (Wildman–Crippen LogP) is 3.86. The maximum atomic E-state index is 13.8. The van der Waals surface area contributed by atoms with Crippen molar-refractivity contribution in [2.45, 2.75) is 26.2 Å². The van der Waals surface area contributed by atoms with E-state index >= 15 is 0 Å². The van der Waals surface area contributed by atoms with Crippen LogP contribution in [0.15, 0.2) is 47.0 Å². The number of hydrogen-bond acceptors (Lipinski definition) is 6. The van der Waals surface area contributed by atoms with Gasteiger partial charge in [-0.2, -0.15) is 4.98 Å². The Balaban J connectivity index is 1.30. The molecular formula is C24H27FN4O3. The fourth-order valence-corrected chi connectivity index (χ4v) is 3.80. The number of halogens is 1. The van der Waals surface area contributed by atoms with Gasteiger partial charge in [0.25, 0.3) is 0 Å². The minimum atomic E-state index is -0.311. The van der Waals surface area contributed by atoms with Crippen LogP contribution in [0.3, 0.4) is 0 Å². The van der Waals surface area contributed by atoms with Crippen LogP contribution < -0.4 is 9.64 Å². The average molecular weight is 439 g/mol. The van der Waals surface area contributed by atoms with Gasteiger partial charge in [-0.1, -0.05) is 17.3 Å². The molecule has 168 valence electrons. The van der Waals surface area contributed by atoms with Crippen molar-refractivity contribution in [3.05, 3.63) is 59.7 Å². The van der Waals surface area contributed by atoms with Crippen LogP contribution in [0.1, 0.15) is 24.3 Å². The summed E-state index contributed by atoms with van der Waals surface area (Å²) in [6.45, 7) is 4.77. The van der Waals surface area contributed by atoms with E-state index in [1.165, 1.54) is 6.07 Å². The minimum Gasteiger partial charge on any atom is -0.497 e. The van der Waals surface area contributed by atoms with Gasteiger partial charge in [-0.3, -0.25) is 4.79 Å². The number of nitrogens with zero attached hydrogens (tertiary/aromatic N) is 4. The molecule has 2 heterocycles. The molecule has 0 atom stereocenters. The molecule has 1 saturated heterocycles. The zero-order chi connectivity index (χ0) is 22.5. The van der Waals surface area contributed by atoms with E-state index in [9.17, 15) is 9.18 Å². The summed E-state index contributed by atoms with van der Waals surface area (Å²) in [4.78, 5) is 21.3. The second-order valence-electron chi connectivity index (χ2n) is 7.90. The number of carbonyl (C=O) groups excluding carboxylic acids is 1. The van der Waals surface area contributed by atoms with Gasteiger partial charge in [0, 0.05) is 50.3 Å². The highest BCUT2D eigenvalue weighted by Crippen LogP contribution is 2.22. The molecule has 1 aliphatic heterocycles. The molecule has 0 unspecified atom stereocenters. The van der Waals surface area contributed by atoms with E-state index in [4.69, 9.17) is 9.26 Å². The molecular weight excluding hydrogens is 411 g/mol. The number of aryl methyl sites for hydroxylation is 2. The third kappa shape index (κ3) is 5.07. The first kappa shape index (κ1) is 21.8. The van der Waals surface area contributed by atoms with Crippen LogP contribution in [-0.4, -0.2) is 54.2 Å². The van der Waals surface area contributed by atoms with Crippen LogP contribution in [0.2, 0.25) is 0 Å². The number of hydrogen-bond donors (Lipinski definition) is 0. The molecule has 4 rings (SSSR count). The van der Waals surface area contributed by atoms with Crippen molar-refractivity contribution in [1.82, 2.24) is 15.0 Å². The summed E-state index contributed by atoms with van der Waals surface area (Å²) in [6, 6.07) is 12.8. The van der Waals surface area contributed by atoms with Crippen LogP contribution in [0.25, 0.3) is 11.4 Å². The highest BCUT2D eigenvalue weighted by molar-refractivity contribution is 5.76. The molecule has 0 saturated carbocycles. The first-order valence-corrected chi connectivity index (χ1v) is 10.8. The monoisotopic (exact) mass is 438 g/mol. The van der Waals surface area contributed by atoms with Crippen LogP contribution in [0.5, 0.6) is 5.75 Å². The lowest BCUT2D eigenvalue weighted by Gasteiger charge is -2.24. The molecule has 0 radical (unpaired) electrons. The van der Waals surface area contributed by atoms with E-state index in [1.807, 2.05) is 29.2 Å². The fraction of sp³-hybridized carbons (Fsp3) is 0.375. The molecule has 1 aromatic heterocycles. The summed E-state index contributed by atoms with van der Waals surface area (Å²) in [5.74, 6) is 1.30. The van der Waals surface area contributed by atoms with Gasteiger partial charge in [-0.05, 0) is 49.2 Å². The molecule has 7 nitrogen and oxygen atoms in total. The Morgan fingerprint density at radius 1 is 1.12 bits per heavy atom. The van der Waals surface area contributed by atoms with Crippen LogP contribution in [-0.2, 0) is 11.2 Å². The largest absolute Gasteiger partial charge is 0.497 e. The summed E-state index contributed by atoms with van der Waals surface area (Å²) in [6.07, 6.45) is 1.56. The molecule has 2 aromatic carbocycles. The topological polar surface area (TPSA) is 71.7 Å². The minimum absolute atomic E-state index is 0.0720. The number of amides is 1. The Kier molecular flexibility index (Phi) is 6.68. The first-order chi connectivity index (χ1) is 15.5. The molecule has 3 aromatic rings. The van der Waals surface area contributed by atoms with Gasteiger partial charge >= 0.3 is 0 Å². The number of aromatic nitrogens is 2. The Hall–Kier alpha value is -3.42. The lowest BCUT2D eigenvalue weighted by molar-refractivity contribution is -0.131. The molecule has 0 N–H and O–H groups in total. The van der Waals surface area contributed by atoms with Crippen molar-refractivity contribution in [3.8, 4) is 17.1 Å². The maximum Gasteiger partial charge on any atom is 0.227 e. The van der Waals surface area contributed by atoms with E-state index in [2.05, 4.69) is 15.0 Å². The molecule has 1 aliphatic rings. The van der Waals surface area contributed by atoms with Gasteiger partial charge in [0.15, 0.2) is 0 Å². The van der Waals surface area contributed by atoms with Gasteiger partial charge in [-0.15, -0.1) is 0 Å². The van der Waals surface area contributed by atoms with Gasteiger partial charge in [0.05, 0.1) is 7.11 Å². The Morgan fingerprint density at radius 3 is 2.69 bits per heavy atom. The highest BCUT2D eigenvalue weighted by atomic mass is 19.1. The van der Waals surface area contributed by atoms with E-state index in [0.29, 0.717) is 42.2 Å². The SMILES string of the molecule is COc1ccc(N2CCCN(C(=O)CCc3nc(-c4ccc(C)c(F)c4)no3)CC2)cc1. The quantitative estimate of drug-likeness (QED) is 0.582. The Bertz CT molecular complexity index is 1070. The van der Waals surface area contributed by atoms with E-state index < -0.39 is 0 Å². The van der Waals surface area contributed by atoms with Crippen molar-refractivity contribution in [2.75, 3.05) is 38.2 Å². The number of benzene rings is 2. The molecule has 1 fully saturated rings. The molecule has 0 spiro atoms. The van der Waals surface area contributed by atoms with E-state index in [1.54, 1.807) is 26.2 Å². The molecule has 32 heavy (non-hydrogen) atoms. The van der Waals surface area contributed by atoms with Gasteiger partial charge in [-0.25, -0.2) is 4.39 Å². The number of anilines is 1. The predicted molar refractivity (Wildman–Crippen MR) is 119 cm³/mol. The highest BCUT2D eigenvalue weighted by Gasteiger charge is 2.20. The van der Waals surface area contributed by atoms with Crippen molar-refractivity contribution in [3.63, 3.8) is 0 Å². The number of methoxy groups -OCH3 is 1. The number of rotatable bonds is 6. The summed E-state index contributed by atoms with van der Waals surface area (Å²) in [5, 5.41) is 3.93. The average Bonchev–Trinajstić information content (AvgIpc) is 3.15. The normalized spacial score (nSPS) is 14.3. The number of ether oxygens (including phenoxy) is 1. The summed E-state index contributed by atoms with van der Waals surface area (Å²) < 4.78 is 24.3. The fourth-order valence-electron chi connectivity index (χ4n) is 3.80. The van der Waals surface area contributed by atoms with Gasteiger partial charge in [0.2, 0.25) is 17.6 Å². The standard InChI is InChI=1S/C24H27FN4O3/c1-17-4-5-18(16-21(17)25)24-26-22(32-27-24)10-11-23(30)29-13-3-12-28(14-15-29)19-6-8-20(31-2)9-7-19/h4-9,16H,3,10-15H2,1-2H3. The summed E-state index contributed by atoms with van der Waals surface area (Å²) in [7, 11) is 1.65. The van der Waals surface area contributed by atoms with Crippen LogP contribution in [0.4, 0.5) is 10.1 Å². The molecule has 0 bridgehead atoms. The van der Waals surface area contributed by atoms with Gasteiger partial charge in [0.1, 0.15) is 11.6 Å². The molecule has 0 aliphatic carbocycles. The zero-order valence-corrected chi connectivity index (χ0v) is 18.4. The van der Waals surface area contributed by atoms with Crippen molar-refractivity contribution in [2.24, 2.45) is 0 Å². The van der Waals surface area contributed by atoms with Crippen molar-refractivity contribution in [1.29, 1.82) is 0 Å². The van der Waals surface area contributed by atoms with E-state index in [-0.39, 0.29) is 11.7 Å². The van der Waals surface area contributed by atoms with Crippen molar-refractivity contribution >= 4 is 11.6 Å². The van der Waals surface area contributed by atoms with E-state index in [0.717, 1.165) is 37.5 Å². The van der Waals surface area contributed by atoms with Crippen LogP contribution in [0, 0.1) is 12.7 Å². The molecule has 1 amide bonds. The van der Waals surface area contributed by atoms with Gasteiger partial charge < -0.3 is 19.1 Å². The third-order valence-electron chi connectivity index (χ3n) is 5.74. The Morgan fingerprint density at radius 2 is 1.94 bits per heavy atom. The molecule has 8 heteroatoms. The zero-order valence-electron chi connectivity index (χ0n) is 18.4. The summed E-state index contributed by atoms with van der Waals surface area (Å²) >= 11 is 0. The maximum absolute atomic E-state index is 13.8.